The number of ether oxygens (including phenoxy) is 1. The van der Waals surface area contributed by atoms with Crippen LogP contribution in [0.1, 0.15) is 36.0 Å². The lowest BCUT2D eigenvalue weighted by atomic mass is 9.87. The van der Waals surface area contributed by atoms with Crippen molar-refractivity contribution < 1.29 is 17.9 Å². The van der Waals surface area contributed by atoms with Gasteiger partial charge in [0.2, 0.25) is 0 Å². The predicted molar refractivity (Wildman–Crippen MR) is 112 cm³/mol. The fourth-order valence-electron chi connectivity index (χ4n) is 3.04. The molecule has 1 amide bonds. The molecule has 0 atom stereocenters. The fourth-order valence-corrected chi connectivity index (χ4v) is 5.19. The van der Waals surface area contributed by atoms with Gasteiger partial charge >= 0.3 is 0 Å². The lowest BCUT2D eigenvalue weighted by Crippen LogP contribution is -2.41. The normalized spacial score (nSPS) is 15.5. The first-order chi connectivity index (χ1) is 13.1. The quantitative estimate of drug-likeness (QED) is 0.758. The van der Waals surface area contributed by atoms with E-state index in [4.69, 9.17) is 4.74 Å². The molecule has 0 unspecified atom stereocenters. The van der Waals surface area contributed by atoms with Crippen LogP contribution in [-0.4, -0.2) is 52.6 Å². The summed E-state index contributed by atoms with van der Waals surface area (Å²) in [7, 11) is -2.28. The molecule has 1 aromatic carbocycles. The van der Waals surface area contributed by atoms with Crippen molar-refractivity contribution >= 4 is 33.0 Å². The van der Waals surface area contributed by atoms with Gasteiger partial charge in [-0.1, -0.05) is 32.9 Å². The number of amides is 1. The largest absolute Gasteiger partial charge is 0.378 e. The zero-order valence-electron chi connectivity index (χ0n) is 16.6. The molecule has 1 saturated heterocycles. The van der Waals surface area contributed by atoms with Crippen LogP contribution in [0.3, 0.4) is 0 Å². The second-order valence-electron chi connectivity index (χ2n) is 7.79. The third-order valence-electron chi connectivity index (χ3n) is 4.85. The van der Waals surface area contributed by atoms with Crippen LogP contribution in [0.15, 0.2) is 40.6 Å². The van der Waals surface area contributed by atoms with Crippen LogP contribution in [0.5, 0.6) is 0 Å². The van der Waals surface area contributed by atoms with Gasteiger partial charge in [-0.25, -0.2) is 8.42 Å². The molecule has 1 aliphatic rings. The number of rotatable bonds is 4. The van der Waals surface area contributed by atoms with Crippen molar-refractivity contribution in [3.8, 4) is 0 Å². The second-order valence-corrected chi connectivity index (χ2v) is 10.7. The van der Waals surface area contributed by atoms with Gasteiger partial charge in [-0.15, -0.1) is 11.3 Å². The third-order valence-corrected chi connectivity index (χ3v) is 7.53. The number of carbonyl (C=O) groups is 1. The molecule has 0 N–H and O–H groups in total. The summed E-state index contributed by atoms with van der Waals surface area (Å²) in [5.41, 5.74) is 1.41. The molecule has 6 nitrogen and oxygen atoms in total. The monoisotopic (exact) mass is 422 g/mol. The zero-order chi connectivity index (χ0) is 20.5. The summed E-state index contributed by atoms with van der Waals surface area (Å²) in [4.78, 5) is 15.2. The van der Waals surface area contributed by atoms with E-state index >= 15 is 0 Å². The molecule has 8 heteroatoms. The number of morpholine rings is 1. The predicted octanol–water partition coefficient (Wildman–Crippen LogP) is 3.34. The summed E-state index contributed by atoms with van der Waals surface area (Å²) in [6, 6.07) is 8.62. The lowest BCUT2D eigenvalue weighted by Gasteiger charge is -2.28. The summed E-state index contributed by atoms with van der Waals surface area (Å²) in [6.45, 7) is 8.27. The molecule has 2 heterocycles. The summed E-state index contributed by atoms with van der Waals surface area (Å²) in [5.74, 6) is -0.154. The number of hydrogen-bond donors (Lipinski definition) is 0. The van der Waals surface area contributed by atoms with Crippen LogP contribution in [0, 0.1) is 0 Å². The van der Waals surface area contributed by atoms with E-state index in [9.17, 15) is 13.2 Å². The Morgan fingerprint density at radius 3 is 2.29 bits per heavy atom. The average Bonchev–Trinajstić information content (AvgIpc) is 3.16. The molecule has 0 aliphatic carbocycles. The second kappa shape index (κ2) is 7.85. The Hall–Kier alpha value is -1.90. The maximum atomic E-state index is 13.1. The highest BCUT2D eigenvalue weighted by Crippen LogP contribution is 2.32. The third kappa shape index (κ3) is 4.09. The van der Waals surface area contributed by atoms with E-state index in [0.717, 1.165) is 5.56 Å². The van der Waals surface area contributed by atoms with Crippen LogP contribution in [0.2, 0.25) is 0 Å². The molecular formula is C20H26N2O4S2. The van der Waals surface area contributed by atoms with Crippen LogP contribution in [0.4, 0.5) is 5.69 Å². The zero-order valence-corrected chi connectivity index (χ0v) is 18.3. The van der Waals surface area contributed by atoms with Crippen molar-refractivity contribution in [2.75, 3.05) is 37.7 Å². The van der Waals surface area contributed by atoms with Crippen LogP contribution >= 0.6 is 11.3 Å². The van der Waals surface area contributed by atoms with Crippen LogP contribution in [0.25, 0.3) is 0 Å². The summed E-state index contributed by atoms with van der Waals surface area (Å²) in [6.07, 6.45) is 0. The number of sulfonamides is 1. The van der Waals surface area contributed by atoms with Gasteiger partial charge in [-0.2, -0.15) is 0 Å². The number of anilines is 1. The molecule has 3 rings (SSSR count). The van der Waals surface area contributed by atoms with Crippen molar-refractivity contribution in [1.82, 2.24) is 4.90 Å². The number of benzene rings is 1. The standard InChI is InChI=1S/C20H26N2O4S2/c1-20(2,3)15-5-7-16(8-6-15)28(24,25)21(4)17-9-14-27-18(17)19(23)22-10-12-26-13-11-22/h5-9,14H,10-13H2,1-4H3. The molecule has 0 spiro atoms. The maximum Gasteiger partial charge on any atom is 0.266 e. The van der Waals surface area contributed by atoms with Gasteiger partial charge in [-0.3, -0.25) is 9.10 Å². The highest BCUT2D eigenvalue weighted by atomic mass is 32.2. The molecule has 28 heavy (non-hydrogen) atoms. The van der Waals surface area contributed by atoms with Crippen molar-refractivity contribution in [3.63, 3.8) is 0 Å². The Labute approximate surface area is 170 Å². The van der Waals surface area contributed by atoms with Gasteiger partial charge in [0.05, 0.1) is 23.8 Å². The minimum absolute atomic E-state index is 0.0563. The molecule has 152 valence electrons. The molecule has 0 bridgehead atoms. The van der Waals surface area contributed by atoms with Crippen molar-refractivity contribution in [1.29, 1.82) is 0 Å². The molecule has 0 saturated carbocycles. The van der Waals surface area contributed by atoms with Crippen molar-refractivity contribution in [2.24, 2.45) is 0 Å². The van der Waals surface area contributed by atoms with E-state index < -0.39 is 10.0 Å². The van der Waals surface area contributed by atoms with Crippen LogP contribution in [-0.2, 0) is 20.2 Å². The Morgan fingerprint density at radius 2 is 1.71 bits per heavy atom. The molecule has 1 aromatic heterocycles. The molecule has 2 aromatic rings. The summed E-state index contributed by atoms with van der Waals surface area (Å²) in [5, 5.41) is 1.75. The van der Waals surface area contributed by atoms with Gasteiger partial charge < -0.3 is 9.64 Å². The van der Waals surface area contributed by atoms with Gasteiger partial charge in [-0.05, 0) is 34.6 Å². The maximum absolute atomic E-state index is 13.1. The Bertz CT molecular complexity index is 937. The number of nitrogens with zero attached hydrogens (tertiary/aromatic N) is 2. The van der Waals surface area contributed by atoms with Crippen molar-refractivity contribution in [2.45, 2.75) is 31.1 Å². The van der Waals surface area contributed by atoms with E-state index in [-0.39, 0.29) is 16.2 Å². The van der Waals surface area contributed by atoms with Gasteiger partial charge in [0.15, 0.2) is 0 Å². The summed E-state index contributed by atoms with van der Waals surface area (Å²) < 4.78 is 32.7. The van der Waals surface area contributed by atoms with E-state index in [2.05, 4.69) is 20.8 Å². The first-order valence-electron chi connectivity index (χ1n) is 9.16. The Balaban J connectivity index is 1.88. The average molecular weight is 423 g/mol. The number of hydrogen-bond acceptors (Lipinski definition) is 5. The van der Waals surface area contributed by atoms with Gasteiger partial charge in [0.25, 0.3) is 15.9 Å². The van der Waals surface area contributed by atoms with E-state index in [0.29, 0.717) is 36.9 Å². The number of carbonyl (C=O) groups excluding carboxylic acids is 1. The van der Waals surface area contributed by atoms with E-state index in [1.165, 1.54) is 22.7 Å². The molecular weight excluding hydrogens is 396 g/mol. The van der Waals surface area contributed by atoms with Crippen molar-refractivity contribution in [3.05, 3.63) is 46.2 Å². The minimum Gasteiger partial charge on any atom is -0.378 e. The van der Waals surface area contributed by atoms with E-state index in [1.807, 2.05) is 12.1 Å². The fraction of sp³-hybridized carbons (Fsp3) is 0.450. The Kier molecular flexibility index (Phi) is 5.84. The van der Waals surface area contributed by atoms with Crippen LogP contribution < -0.4 is 4.31 Å². The lowest BCUT2D eigenvalue weighted by molar-refractivity contribution is 0.0306. The molecule has 1 aliphatic heterocycles. The molecule has 0 radical (unpaired) electrons. The summed E-state index contributed by atoms with van der Waals surface area (Å²) >= 11 is 1.26. The van der Waals surface area contributed by atoms with Gasteiger partial charge in [0.1, 0.15) is 4.88 Å². The van der Waals surface area contributed by atoms with Gasteiger partial charge in [0, 0.05) is 20.1 Å². The number of thiophene rings is 1. The highest BCUT2D eigenvalue weighted by molar-refractivity contribution is 7.92. The minimum atomic E-state index is -3.77. The topological polar surface area (TPSA) is 66.9 Å². The molecule has 1 fully saturated rings. The first-order valence-corrected chi connectivity index (χ1v) is 11.5. The first kappa shape index (κ1) is 20.8. The highest BCUT2D eigenvalue weighted by Gasteiger charge is 2.29. The SMILES string of the molecule is CN(c1ccsc1C(=O)N1CCOCC1)S(=O)(=O)c1ccc(C(C)(C)C)cc1. The smallest absolute Gasteiger partial charge is 0.266 e. The van der Waals surface area contributed by atoms with E-state index in [1.54, 1.807) is 28.5 Å². The Morgan fingerprint density at radius 1 is 1.11 bits per heavy atom.